The number of nitrogens with one attached hydrogen (secondary N) is 1. The van der Waals surface area contributed by atoms with Crippen LogP contribution in [0.25, 0.3) is 0 Å². The summed E-state index contributed by atoms with van der Waals surface area (Å²) in [6.45, 7) is 4.06. The van der Waals surface area contributed by atoms with Crippen LogP contribution < -0.4 is 5.32 Å². The second-order valence-electron chi connectivity index (χ2n) is 4.18. The van der Waals surface area contributed by atoms with E-state index in [0.717, 1.165) is 0 Å². The monoisotopic (exact) mass is 241 g/mol. The third-order valence-electron chi connectivity index (χ3n) is 2.52. The summed E-state index contributed by atoms with van der Waals surface area (Å²) in [4.78, 5) is 11.5. The van der Waals surface area contributed by atoms with E-state index in [4.69, 9.17) is 9.15 Å². The second kappa shape index (κ2) is 6.42. The fourth-order valence-corrected chi connectivity index (χ4v) is 1.54. The van der Waals surface area contributed by atoms with Crippen molar-refractivity contribution in [1.82, 2.24) is 5.32 Å². The highest BCUT2D eigenvalue weighted by Gasteiger charge is 2.23. The zero-order valence-electron chi connectivity index (χ0n) is 10.3. The lowest BCUT2D eigenvalue weighted by Gasteiger charge is -2.21. The summed E-state index contributed by atoms with van der Waals surface area (Å²) in [5.74, 6) is 0.239. The molecule has 0 aliphatic heterocycles. The van der Waals surface area contributed by atoms with Gasteiger partial charge in [-0.05, 0) is 18.1 Å². The smallest absolute Gasteiger partial charge is 0.323 e. The topological polar surface area (TPSA) is 71.7 Å². The zero-order valence-corrected chi connectivity index (χ0v) is 10.3. The third-order valence-corrected chi connectivity index (χ3v) is 2.52. The number of hydrogen-bond acceptors (Lipinski definition) is 5. The van der Waals surface area contributed by atoms with Crippen molar-refractivity contribution in [2.24, 2.45) is 5.92 Å². The van der Waals surface area contributed by atoms with Crippen molar-refractivity contribution in [2.45, 2.75) is 26.0 Å². The lowest BCUT2D eigenvalue weighted by Crippen LogP contribution is -2.43. The van der Waals surface area contributed by atoms with Gasteiger partial charge in [0.25, 0.3) is 0 Å². The molecule has 0 spiro atoms. The van der Waals surface area contributed by atoms with Crippen LogP contribution in [-0.4, -0.2) is 30.8 Å². The molecule has 17 heavy (non-hydrogen) atoms. The highest BCUT2D eigenvalue weighted by Crippen LogP contribution is 2.13. The fraction of sp³-hybridized carbons (Fsp3) is 0.583. The first-order valence-electron chi connectivity index (χ1n) is 5.59. The molecule has 1 rings (SSSR count). The van der Waals surface area contributed by atoms with Crippen LogP contribution in [0.15, 0.2) is 22.8 Å². The number of carbonyl (C=O) groups is 1. The number of rotatable bonds is 6. The maximum absolute atomic E-state index is 11.5. The summed E-state index contributed by atoms with van der Waals surface area (Å²) < 4.78 is 9.76. The van der Waals surface area contributed by atoms with Gasteiger partial charge in [-0.15, -0.1) is 0 Å². The van der Waals surface area contributed by atoms with Crippen molar-refractivity contribution in [3.05, 3.63) is 24.2 Å². The molecule has 0 aromatic carbocycles. The predicted octanol–water partition coefficient (Wildman–Crippen LogP) is 1.10. The van der Waals surface area contributed by atoms with Crippen LogP contribution in [0, 0.1) is 5.92 Å². The molecule has 1 heterocycles. The van der Waals surface area contributed by atoms with Crippen molar-refractivity contribution in [3.63, 3.8) is 0 Å². The minimum atomic E-state index is -0.768. The SMILES string of the molecule is COC(=O)C(NCC(O)c1ccco1)C(C)C. The van der Waals surface area contributed by atoms with Crippen LogP contribution in [0.1, 0.15) is 25.7 Å². The normalized spacial score (nSPS) is 14.6. The van der Waals surface area contributed by atoms with Crippen molar-refractivity contribution < 1.29 is 19.1 Å². The molecule has 2 N–H and O–H groups in total. The summed E-state index contributed by atoms with van der Waals surface area (Å²) in [5.41, 5.74) is 0. The first-order chi connectivity index (χ1) is 8.06. The average molecular weight is 241 g/mol. The Labute approximate surface area is 101 Å². The molecule has 96 valence electrons. The Kier molecular flexibility index (Phi) is 5.18. The molecular weight excluding hydrogens is 222 g/mol. The maximum atomic E-state index is 11.5. The van der Waals surface area contributed by atoms with E-state index >= 15 is 0 Å². The molecule has 0 radical (unpaired) electrons. The van der Waals surface area contributed by atoms with Gasteiger partial charge < -0.3 is 19.6 Å². The van der Waals surface area contributed by atoms with Gasteiger partial charge in [-0.2, -0.15) is 0 Å². The number of esters is 1. The Hall–Kier alpha value is -1.33. The van der Waals surface area contributed by atoms with Gasteiger partial charge in [-0.25, -0.2) is 0 Å². The van der Waals surface area contributed by atoms with Crippen molar-refractivity contribution in [1.29, 1.82) is 0 Å². The van der Waals surface area contributed by atoms with E-state index in [1.54, 1.807) is 12.1 Å². The zero-order chi connectivity index (χ0) is 12.8. The molecule has 5 nitrogen and oxygen atoms in total. The molecule has 1 aromatic heterocycles. The average Bonchev–Trinajstić information content (AvgIpc) is 2.81. The number of ether oxygens (including phenoxy) is 1. The number of furan rings is 1. The highest BCUT2D eigenvalue weighted by molar-refractivity contribution is 5.75. The van der Waals surface area contributed by atoms with E-state index in [2.05, 4.69) is 5.32 Å². The molecule has 2 unspecified atom stereocenters. The van der Waals surface area contributed by atoms with E-state index in [-0.39, 0.29) is 18.4 Å². The lowest BCUT2D eigenvalue weighted by molar-refractivity contribution is -0.144. The van der Waals surface area contributed by atoms with Gasteiger partial charge in [-0.1, -0.05) is 13.8 Å². The number of aliphatic hydroxyl groups is 1. The molecular formula is C12H19NO4. The predicted molar refractivity (Wildman–Crippen MR) is 62.3 cm³/mol. The molecule has 0 saturated carbocycles. The molecule has 2 atom stereocenters. The summed E-state index contributed by atoms with van der Waals surface area (Å²) in [6, 6.07) is 2.97. The van der Waals surface area contributed by atoms with Gasteiger partial charge >= 0.3 is 5.97 Å². The van der Waals surface area contributed by atoms with Gasteiger partial charge in [-0.3, -0.25) is 4.79 Å². The van der Waals surface area contributed by atoms with Crippen LogP contribution in [0.5, 0.6) is 0 Å². The summed E-state index contributed by atoms with van der Waals surface area (Å²) in [5, 5.41) is 12.8. The first kappa shape index (κ1) is 13.7. The van der Waals surface area contributed by atoms with Crippen molar-refractivity contribution in [2.75, 3.05) is 13.7 Å². The minimum absolute atomic E-state index is 0.0891. The summed E-state index contributed by atoms with van der Waals surface area (Å²) >= 11 is 0. The van der Waals surface area contributed by atoms with Gasteiger partial charge in [0.1, 0.15) is 17.9 Å². The number of hydrogen-bond donors (Lipinski definition) is 2. The minimum Gasteiger partial charge on any atom is -0.468 e. The lowest BCUT2D eigenvalue weighted by atomic mass is 10.0. The Balaban J connectivity index is 2.49. The number of methoxy groups -OCH3 is 1. The fourth-order valence-electron chi connectivity index (χ4n) is 1.54. The third kappa shape index (κ3) is 3.87. The second-order valence-corrected chi connectivity index (χ2v) is 4.18. The van der Waals surface area contributed by atoms with Crippen LogP contribution >= 0.6 is 0 Å². The molecule has 0 bridgehead atoms. The molecule has 1 aromatic rings. The first-order valence-corrected chi connectivity index (χ1v) is 5.59. The maximum Gasteiger partial charge on any atom is 0.323 e. The Morgan fingerprint density at radius 2 is 2.29 bits per heavy atom. The Morgan fingerprint density at radius 3 is 2.76 bits per heavy atom. The molecule has 0 aliphatic rings. The molecule has 0 aliphatic carbocycles. The molecule has 0 saturated heterocycles. The quantitative estimate of drug-likeness (QED) is 0.730. The van der Waals surface area contributed by atoms with Crippen molar-refractivity contribution >= 4 is 5.97 Å². The standard InChI is InChI=1S/C12H19NO4/c1-8(2)11(12(15)16-3)13-7-9(14)10-5-4-6-17-10/h4-6,8-9,11,13-14H,7H2,1-3H3. The van der Waals surface area contributed by atoms with E-state index in [1.165, 1.54) is 13.4 Å². The van der Waals surface area contributed by atoms with Gasteiger partial charge in [0, 0.05) is 6.54 Å². The van der Waals surface area contributed by atoms with Gasteiger partial charge in [0.2, 0.25) is 0 Å². The summed E-state index contributed by atoms with van der Waals surface area (Å²) in [6.07, 6.45) is 0.731. The molecule has 0 amide bonds. The Bertz CT molecular complexity index is 334. The highest BCUT2D eigenvalue weighted by atomic mass is 16.5. The van der Waals surface area contributed by atoms with E-state index in [0.29, 0.717) is 5.76 Å². The summed E-state index contributed by atoms with van der Waals surface area (Å²) in [7, 11) is 1.35. The Morgan fingerprint density at radius 1 is 1.59 bits per heavy atom. The van der Waals surface area contributed by atoms with Crippen LogP contribution in [0.4, 0.5) is 0 Å². The van der Waals surface area contributed by atoms with Gasteiger partial charge in [0.15, 0.2) is 0 Å². The van der Waals surface area contributed by atoms with Crippen LogP contribution in [0.3, 0.4) is 0 Å². The largest absolute Gasteiger partial charge is 0.468 e. The van der Waals surface area contributed by atoms with Gasteiger partial charge in [0.05, 0.1) is 13.4 Å². The van der Waals surface area contributed by atoms with Crippen LogP contribution in [0.2, 0.25) is 0 Å². The number of aliphatic hydroxyl groups excluding tert-OH is 1. The molecule has 0 fully saturated rings. The number of carbonyl (C=O) groups excluding carboxylic acids is 1. The van der Waals surface area contributed by atoms with Crippen molar-refractivity contribution in [3.8, 4) is 0 Å². The molecule has 5 heteroatoms. The van der Waals surface area contributed by atoms with E-state index in [1.807, 2.05) is 13.8 Å². The van der Waals surface area contributed by atoms with Crippen LogP contribution in [-0.2, 0) is 9.53 Å². The van der Waals surface area contributed by atoms with E-state index in [9.17, 15) is 9.90 Å². The van der Waals surface area contributed by atoms with E-state index < -0.39 is 12.1 Å².